The number of amides is 2. The second-order valence-electron chi connectivity index (χ2n) is 8.11. The van der Waals surface area contributed by atoms with Crippen LogP contribution in [0.4, 0.5) is 4.79 Å². The Balaban J connectivity index is 1.47. The van der Waals surface area contributed by atoms with Crippen LogP contribution in [-0.4, -0.2) is 61.6 Å². The minimum Gasteiger partial charge on any atom is -0.335 e. The van der Waals surface area contributed by atoms with Crippen LogP contribution in [-0.2, 0) is 10.0 Å². The first-order valence-electron chi connectivity index (χ1n) is 9.96. The van der Waals surface area contributed by atoms with Gasteiger partial charge in [-0.3, -0.25) is 0 Å². The van der Waals surface area contributed by atoms with Crippen LogP contribution in [0, 0.1) is 5.92 Å². The maximum Gasteiger partial charge on any atom is 0.317 e. The summed E-state index contributed by atoms with van der Waals surface area (Å²) < 4.78 is 24.7. The molecule has 0 bridgehead atoms. The molecule has 2 aliphatic heterocycles. The minimum absolute atomic E-state index is 0.0658. The highest BCUT2D eigenvalue weighted by molar-refractivity contribution is 7.88. The zero-order valence-electron chi connectivity index (χ0n) is 15.5. The molecule has 3 fully saturated rings. The van der Waals surface area contributed by atoms with Crippen molar-refractivity contribution in [3.63, 3.8) is 0 Å². The van der Waals surface area contributed by atoms with Gasteiger partial charge in [-0.05, 0) is 38.0 Å². The number of hydrogen-bond acceptors (Lipinski definition) is 3. The van der Waals surface area contributed by atoms with Crippen LogP contribution >= 0.6 is 0 Å². The molecule has 3 aliphatic rings. The Bertz CT molecular complexity index is 552. The van der Waals surface area contributed by atoms with Gasteiger partial charge in [-0.25, -0.2) is 17.5 Å². The third kappa shape index (κ3) is 5.09. The molecule has 2 heterocycles. The van der Waals surface area contributed by atoms with Crippen LogP contribution < -0.4 is 5.32 Å². The zero-order chi connectivity index (χ0) is 17.9. The summed E-state index contributed by atoms with van der Waals surface area (Å²) in [5.41, 5.74) is 0. The van der Waals surface area contributed by atoms with Gasteiger partial charge in [-0.1, -0.05) is 32.1 Å². The molecule has 144 valence electrons. The van der Waals surface area contributed by atoms with E-state index in [1.54, 1.807) is 0 Å². The van der Waals surface area contributed by atoms with Crippen molar-refractivity contribution in [3.8, 4) is 0 Å². The van der Waals surface area contributed by atoms with E-state index in [4.69, 9.17) is 0 Å². The van der Waals surface area contributed by atoms with Crippen molar-refractivity contribution in [3.05, 3.63) is 0 Å². The normalized spacial score (nSPS) is 27.6. The lowest BCUT2D eigenvalue weighted by Gasteiger charge is -2.34. The largest absolute Gasteiger partial charge is 0.335 e. The zero-order valence-corrected chi connectivity index (χ0v) is 16.3. The van der Waals surface area contributed by atoms with Gasteiger partial charge < -0.3 is 10.2 Å². The Labute approximate surface area is 152 Å². The van der Waals surface area contributed by atoms with Gasteiger partial charge in [0, 0.05) is 31.7 Å². The molecule has 6 nitrogen and oxygen atoms in total. The molecule has 1 unspecified atom stereocenters. The summed E-state index contributed by atoms with van der Waals surface area (Å²) in [6.45, 7) is 1.88. The molecule has 1 saturated carbocycles. The summed E-state index contributed by atoms with van der Waals surface area (Å²) in [5, 5.41) is 3.17. The number of piperidine rings is 1. The molecule has 0 aromatic carbocycles. The van der Waals surface area contributed by atoms with E-state index in [1.165, 1.54) is 49.1 Å². The highest BCUT2D eigenvalue weighted by atomic mass is 32.2. The van der Waals surface area contributed by atoms with Crippen molar-refractivity contribution in [1.82, 2.24) is 14.5 Å². The number of likely N-dealkylation sites (tertiary alicyclic amines) is 1. The van der Waals surface area contributed by atoms with E-state index in [2.05, 4.69) is 10.2 Å². The second kappa shape index (κ2) is 8.25. The maximum atomic E-state index is 12.7. The molecule has 1 N–H and O–H groups in total. The lowest BCUT2D eigenvalue weighted by molar-refractivity contribution is 0.169. The summed E-state index contributed by atoms with van der Waals surface area (Å²) >= 11 is 0. The third-order valence-electron chi connectivity index (χ3n) is 6.22. The number of rotatable bonds is 4. The maximum absolute atomic E-state index is 12.7. The summed E-state index contributed by atoms with van der Waals surface area (Å²) in [5.74, 6) is 0.796. The molecule has 1 aliphatic carbocycles. The van der Waals surface area contributed by atoms with E-state index in [-0.39, 0.29) is 12.1 Å². The van der Waals surface area contributed by atoms with Crippen LogP contribution in [0.1, 0.15) is 64.2 Å². The van der Waals surface area contributed by atoms with Crippen LogP contribution in [0.5, 0.6) is 0 Å². The standard InChI is InChI=1S/C18H33N3O3S/c1-25(23,24)20-12-9-16(10-13-20)19-18(22)21-11-5-8-17(21)14-15-6-3-2-4-7-15/h15-17H,2-14H2,1H3,(H,19,22). The summed E-state index contributed by atoms with van der Waals surface area (Å²) in [6, 6.07) is 0.566. The van der Waals surface area contributed by atoms with Gasteiger partial charge in [0.2, 0.25) is 10.0 Å². The van der Waals surface area contributed by atoms with Crippen molar-refractivity contribution in [2.45, 2.75) is 76.3 Å². The van der Waals surface area contributed by atoms with Crippen molar-refractivity contribution < 1.29 is 13.2 Å². The Morgan fingerprint density at radius 2 is 1.64 bits per heavy atom. The molecular formula is C18H33N3O3S. The molecule has 3 rings (SSSR count). The van der Waals surface area contributed by atoms with E-state index in [0.717, 1.165) is 25.3 Å². The van der Waals surface area contributed by atoms with Crippen molar-refractivity contribution in [2.75, 3.05) is 25.9 Å². The van der Waals surface area contributed by atoms with Crippen LogP contribution in [0.3, 0.4) is 0 Å². The van der Waals surface area contributed by atoms with E-state index < -0.39 is 10.0 Å². The SMILES string of the molecule is CS(=O)(=O)N1CCC(NC(=O)N2CCCC2CC2CCCCC2)CC1. The van der Waals surface area contributed by atoms with Gasteiger partial charge in [0.05, 0.1) is 6.26 Å². The summed E-state index contributed by atoms with van der Waals surface area (Å²) in [7, 11) is -3.11. The lowest BCUT2D eigenvalue weighted by atomic mass is 9.84. The van der Waals surface area contributed by atoms with Gasteiger partial charge in [0.1, 0.15) is 0 Å². The lowest BCUT2D eigenvalue weighted by Crippen LogP contribution is -2.51. The molecule has 1 atom stereocenters. The fourth-order valence-corrected chi connectivity index (χ4v) is 5.62. The average Bonchev–Trinajstić information content (AvgIpc) is 3.04. The quantitative estimate of drug-likeness (QED) is 0.826. The predicted molar refractivity (Wildman–Crippen MR) is 98.9 cm³/mol. The number of hydrogen-bond donors (Lipinski definition) is 1. The predicted octanol–water partition coefficient (Wildman–Crippen LogP) is 2.55. The van der Waals surface area contributed by atoms with E-state index in [9.17, 15) is 13.2 Å². The van der Waals surface area contributed by atoms with Gasteiger partial charge in [0.15, 0.2) is 0 Å². The van der Waals surface area contributed by atoms with Gasteiger partial charge in [0.25, 0.3) is 0 Å². The van der Waals surface area contributed by atoms with E-state index >= 15 is 0 Å². The van der Waals surface area contributed by atoms with E-state index in [0.29, 0.717) is 32.0 Å². The smallest absolute Gasteiger partial charge is 0.317 e. The number of carbonyl (C=O) groups is 1. The molecule has 0 radical (unpaired) electrons. The van der Waals surface area contributed by atoms with Gasteiger partial charge >= 0.3 is 6.03 Å². The molecule has 0 spiro atoms. The first kappa shape index (κ1) is 19.0. The minimum atomic E-state index is -3.11. The summed E-state index contributed by atoms with van der Waals surface area (Å²) in [4.78, 5) is 14.8. The Morgan fingerprint density at radius 3 is 2.28 bits per heavy atom. The first-order chi connectivity index (χ1) is 11.9. The average molecular weight is 372 g/mol. The molecule has 2 amide bonds. The van der Waals surface area contributed by atoms with Crippen LogP contribution in [0.25, 0.3) is 0 Å². The number of sulfonamides is 1. The number of nitrogens with zero attached hydrogens (tertiary/aromatic N) is 2. The highest BCUT2D eigenvalue weighted by Gasteiger charge is 2.33. The van der Waals surface area contributed by atoms with Crippen molar-refractivity contribution in [2.24, 2.45) is 5.92 Å². The molecule has 2 saturated heterocycles. The molecule has 0 aromatic rings. The number of carbonyl (C=O) groups excluding carboxylic acids is 1. The van der Waals surface area contributed by atoms with Crippen LogP contribution in [0.15, 0.2) is 0 Å². The molecule has 0 aromatic heterocycles. The number of urea groups is 1. The first-order valence-corrected chi connectivity index (χ1v) is 11.8. The van der Waals surface area contributed by atoms with E-state index in [1.807, 2.05) is 0 Å². The molecule has 7 heteroatoms. The monoisotopic (exact) mass is 371 g/mol. The van der Waals surface area contributed by atoms with Crippen molar-refractivity contribution >= 4 is 16.1 Å². The number of nitrogens with one attached hydrogen (secondary N) is 1. The highest BCUT2D eigenvalue weighted by Crippen LogP contribution is 2.32. The Kier molecular flexibility index (Phi) is 6.25. The Hall–Kier alpha value is -0.820. The second-order valence-corrected chi connectivity index (χ2v) is 10.1. The fraction of sp³-hybridized carbons (Fsp3) is 0.944. The van der Waals surface area contributed by atoms with Crippen molar-refractivity contribution in [1.29, 1.82) is 0 Å². The Morgan fingerprint density at radius 1 is 0.960 bits per heavy atom. The van der Waals surface area contributed by atoms with Gasteiger partial charge in [-0.2, -0.15) is 0 Å². The topological polar surface area (TPSA) is 69.7 Å². The van der Waals surface area contributed by atoms with Gasteiger partial charge in [-0.15, -0.1) is 0 Å². The summed E-state index contributed by atoms with van der Waals surface area (Å²) in [6.07, 6.45) is 12.8. The molecular weight excluding hydrogens is 338 g/mol. The fourth-order valence-electron chi connectivity index (χ4n) is 4.75. The third-order valence-corrected chi connectivity index (χ3v) is 7.52. The molecule has 25 heavy (non-hydrogen) atoms. The van der Waals surface area contributed by atoms with Crippen LogP contribution in [0.2, 0.25) is 0 Å².